The predicted octanol–water partition coefficient (Wildman–Crippen LogP) is 2.91. The SMILES string of the molecule is COc1ccc(CCNC(=O)C2CCCCC2(C)N)c(Cl)c1. The Hall–Kier alpha value is -1.26. The van der Waals surface area contributed by atoms with E-state index in [-0.39, 0.29) is 17.4 Å². The van der Waals surface area contributed by atoms with Crippen LogP contribution in [0.5, 0.6) is 5.75 Å². The highest BCUT2D eigenvalue weighted by Gasteiger charge is 2.37. The molecule has 3 N–H and O–H groups in total. The lowest BCUT2D eigenvalue weighted by atomic mass is 9.74. The highest BCUT2D eigenvalue weighted by Crippen LogP contribution is 2.31. The van der Waals surface area contributed by atoms with Crippen LogP contribution in [0.3, 0.4) is 0 Å². The summed E-state index contributed by atoms with van der Waals surface area (Å²) in [6.45, 7) is 2.55. The second-order valence-corrected chi connectivity index (χ2v) is 6.71. The van der Waals surface area contributed by atoms with Crippen molar-refractivity contribution in [1.29, 1.82) is 0 Å². The molecular weight excluding hydrogens is 300 g/mol. The number of hydrogen-bond acceptors (Lipinski definition) is 3. The summed E-state index contributed by atoms with van der Waals surface area (Å²) in [6.07, 6.45) is 4.67. The monoisotopic (exact) mass is 324 g/mol. The van der Waals surface area contributed by atoms with E-state index in [1.54, 1.807) is 13.2 Å². The van der Waals surface area contributed by atoms with Gasteiger partial charge >= 0.3 is 0 Å². The van der Waals surface area contributed by atoms with Crippen molar-refractivity contribution >= 4 is 17.5 Å². The number of carbonyl (C=O) groups excluding carboxylic acids is 1. The van der Waals surface area contributed by atoms with Crippen LogP contribution >= 0.6 is 11.6 Å². The molecule has 2 rings (SSSR count). The zero-order valence-electron chi connectivity index (χ0n) is 13.3. The molecule has 1 amide bonds. The average molecular weight is 325 g/mol. The molecule has 1 aromatic carbocycles. The minimum absolute atomic E-state index is 0.0642. The molecule has 1 aromatic rings. The molecule has 0 aromatic heterocycles. The lowest BCUT2D eigenvalue weighted by Crippen LogP contribution is -2.53. The summed E-state index contributed by atoms with van der Waals surface area (Å²) in [5, 5.41) is 3.67. The van der Waals surface area contributed by atoms with E-state index in [0.29, 0.717) is 18.0 Å². The molecule has 2 unspecified atom stereocenters. The first kappa shape index (κ1) is 17.1. The molecule has 1 fully saturated rings. The number of nitrogens with two attached hydrogens (primary N) is 1. The fraction of sp³-hybridized carbons (Fsp3) is 0.588. The van der Waals surface area contributed by atoms with E-state index in [4.69, 9.17) is 22.1 Å². The Morgan fingerprint density at radius 2 is 2.27 bits per heavy atom. The first-order chi connectivity index (χ1) is 10.4. The molecule has 122 valence electrons. The first-order valence-electron chi connectivity index (χ1n) is 7.83. The first-order valence-corrected chi connectivity index (χ1v) is 8.21. The standard InChI is InChI=1S/C17H25ClN2O2/c1-17(19)9-4-3-5-14(17)16(21)20-10-8-12-6-7-13(22-2)11-15(12)18/h6-7,11,14H,3-5,8-10,19H2,1-2H3,(H,20,21). The molecule has 0 radical (unpaired) electrons. The van der Waals surface area contributed by atoms with Gasteiger partial charge in [-0.15, -0.1) is 0 Å². The third kappa shape index (κ3) is 4.14. The minimum atomic E-state index is -0.389. The largest absolute Gasteiger partial charge is 0.497 e. The molecule has 0 heterocycles. The lowest BCUT2D eigenvalue weighted by Gasteiger charge is -2.37. The van der Waals surface area contributed by atoms with Gasteiger partial charge in [0.05, 0.1) is 13.0 Å². The summed E-state index contributed by atoms with van der Waals surface area (Å²) < 4.78 is 5.13. The lowest BCUT2D eigenvalue weighted by molar-refractivity contribution is -0.128. The second kappa shape index (κ2) is 7.34. The van der Waals surface area contributed by atoms with Crippen LogP contribution < -0.4 is 15.8 Å². The van der Waals surface area contributed by atoms with E-state index in [2.05, 4.69) is 5.32 Å². The highest BCUT2D eigenvalue weighted by atomic mass is 35.5. The fourth-order valence-corrected chi connectivity index (χ4v) is 3.36. The number of nitrogens with one attached hydrogen (secondary N) is 1. The molecule has 0 aliphatic heterocycles. The van der Waals surface area contributed by atoms with Crippen LogP contribution in [-0.4, -0.2) is 25.1 Å². The van der Waals surface area contributed by atoms with Gasteiger partial charge in [0.15, 0.2) is 0 Å². The van der Waals surface area contributed by atoms with Crippen LogP contribution in [0.25, 0.3) is 0 Å². The highest BCUT2D eigenvalue weighted by molar-refractivity contribution is 6.31. The van der Waals surface area contributed by atoms with Crippen molar-refractivity contribution in [3.63, 3.8) is 0 Å². The topological polar surface area (TPSA) is 64.3 Å². The Labute approximate surface area is 137 Å². The second-order valence-electron chi connectivity index (χ2n) is 6.30. The summed E-state index contributed by atoms with van der Waals surface area (Å²) in [5.41, 5.74) is 6.88. The molecule has 0 spiro atoms. The van der Waals surface area contributed by atoms with Gasteiger partial charge in [0.2, 0.25) is 5.91 Å². The van der Waals surface area contributed by atoms with Crippen LogP contribution in [-0.2, 0) is 11.2 Å². The fourth-order valence-electron chi connectivity index (χ4n) is 3.09. The molecule has 1 aliphatic rings. The van der Waals surface area contributed by atoms with Crippen molar-refractivity contribution in [2.45, 2.75) is 44.6 Å². The van der Waals surface area contributed by atoms with Gasteiger partial charge in [-0.05, 0) is 43.9 Å². The van der Waals surface area contributed by atoms with Crippen molar-refractivity contribution in [3.8, 4) is 5.75 Å². The minimum Gasteiger partial charge on any atom is -0.497 e. The zero-order valence-corrected chi connectivity index (χ0v) is 14.1. The van der Waals surface area contributed by atoms with Gasteiger partial charge in [0, 0.05) is 17.1 Å². The molecule has 1 saturated carbocycles. The maximum Gasteiger partial charge on any atom is 0.224 e. The quantitative estimate of drug-likeness (QED) is 0.875. The van der Waals surface area contributed by atoms with Crippen molar-refractivity contribution < 1.29 is 9.53 Å². The summed E-state index contributed by atoms with van der Waals surface area (Å²) in [7, 11) is 1.61. The summed E-state index contributed by atoms with van der Waals surface area (Å²) in [5.74, 6) is 0.709. The summed E-state index contributed by atoms with van der Waals surface area (Å²) >= 11 is 6.20. The third-order valence-corrected chi connectivity index (χ3v) is 4.88. The van der Waals surface area contributed by atoms with E-state index in [1.165, 1.54) is 0 Å². The number of methoxy groups -OCH3 is 1. The Balaban J connectivity index is 1.87. The van der Waals surface area contributed by atoms with Gasteiger partial charge in [0.25, 0.3) is 0 Å². The number of ether oxygens (including phenoxy) is 1. The zero-order chi connectivity index (χ0) is 16.2. The van der Waals surface area contributed by atoms with Crippen LogP contribution in [0.1, 0.15) is 38.2 Å². The van der Waals surface area contributed by atoms with Gasteiger partial charge in [-0.1, -0.05) is 30.5 Å². The van der Waals surface area contributed by atoms with E-state index in [1.807, 2.05) is 19.1 Å². The predicted molar refractivity (Wildman–Crippen MR) is 89.3 cm³/mol. The average Bonchev–Trinajstić information content (AvgIpc) is 2.48. The maximum absolute atomic E-state index is 12.3. The van der Waals surface area contributed by atoms with Gasteiger partial charge in [-0.3, -0.25) is 4.79 Å². The van der Waals surface area contributed by atoms with Crippen LogP contribution in [0.2, 0.25) is 5.02 Å². The molecule has 2 atom stereocenters. The number of rotatable bonds is 5. The van der Waals surface area contributed by atoms with Gasteiger partial charge in [-0.2, -0.15) is 0 Å². The van der Waals surface area contributed by atoms with E-state index < -0.39 is 0 Å². The van der Waals surface area contributed by atoms with Crippen LogP contribution in [0.4, 0.5) is 0 Å². The Bertz CT molecular complexity index is 531. The Morgan fingerprint density at radius 1 is 1.50 bits per heavy atom. The van der Waals surface area contributed by atoms with Gasteiger partial charge < -0.3 is 15.8 Å². The Morgan fingerprint density at radius 3 is 2.91 bits per heavy atom. The van der Waals surface area contributed by atoms with Gasteiger partial charge in [-0.25, -0.2) is 0 Å². The number of hydrogen-bond donors (Lipinski definition) is 2. The van der Waals surface area contributed by atoms with Crippen LogP contribution in [0, 0.1) is 5.92 Å². The molecular formula is C17H25ClN2O2. The van der Waals surface area contributed by atoms with Crippen molar-refractivity contribution in [2.75, 3.05) is 13.7 Å². The number of halogens is 1. The number of amides is 1. The summed E-state index contributed by atoms with van der Waals surface area (Å²) in [4.78, 5) is 12.3. The molecule has 5 heteroatoms. The molecule has 0 bridgehead atoms. The molecule has 1 aliphatic carbocycles. The Kier molecular flexibility index (Phi) is 5.70. The number of benzene rings is 1. The normalized spacial score (nSPS) is 24.8. The molecule has 4 nitrogen and oxygen atoms in total. The van der Waals surface area contributed by atoms with E-state index in [9.17, 15) is 4.79 Å². The van der Waals surface area contributed by atoms with Crippen molar-refractivity contribution in [1.82, 2.24) is 5.32 Å². The molecule has 22 heavy (non-hydrogen) atoms. The number of carbonyl (C=O) groups is 1. The van der Waals surface area contributed by atoms with Crippen molar-refractivity contribution in [3.05, 3.63) is 28.8 Å². The van der Waals surface area contributed by atoms with Crippen LogP contribution in [0.15, 0.2) is 18.2 Å². The van der Waals surface area contributed by atoms with E-state index in [0.717, 1.165) is 37.0 Å². The third-order valence-electron chi connectivity index (χ3n) is 4.52. The summed E-state index contributed by atoms with van der Waals surface area (Å²) in [6, 6.07) is 5.60. The van der Waals surface area contributed by atoms with Crippen molar-refractivity contribution in [2.24, 2.45) is 11.7 Å². The smallest absolute Gasteiger partial charge is 0.224 e. The maximum atomic E-state index is 12.3. The van der Waals surface area contributed by atoms with Gasteiger partial charge in [0.1, 0.15) is 5.75 Å². The molecule has 0 saturated heterocycles. The van der Waals surface area contributed by atoms with E-state index >= 15 is 0 Å².